The monoisotopic (exact) mass is 403 g/mol. The fraction of sp³-hybridized carbons (Fsp3) is 0.400. The summed E-state index contributed by atoms with van der Waals surface area (Å²) in [6.45, 7) is 0. The average molecular weight is 404 g/mol. The molecular formula is C20H25N3O4S. The smallest absolute Gasteiger partial charge is 0.264 e. The Hall–Kier alpha value is -2.29. The van der Waals surface area contributed by atoms with Crippen LogP contribution in [-0.4, -0.2) is 43.6 Å². The molecule has 1 aromatic carbocycles. The number of sulfonamides is 1. The lowest BCUT2D eigenvalue weighted by atomic mass is 9.96. The summed E-state index contributed by atoms with van der Waals surface area (Å²) in [5.74, 6) is -0.327. The number of pyridine rings is 1. The van der Waals surface area contributed by atoms with Crippen molar-refractivity contribution >= 4 is 15.9 Å². The quantitative estimate of drug-likeness (QED) is 0.719. The van der Waals surface area contributed by atoms with E-state index >= 15 is 0 Å². The summed E-state index contributed by atoms with van der Waals surface area (Å²) in [5, 5.41) is 0. The van der Waals surface area contributed by atoms with Crippen LogP contribution < -0.4 is 5.49 Å². The van der Waals surface area contributed by atoms with Crippen molar-refractivity contribution in [2.75, 3.05) is 14.2 Å². The molecule has 150 valence electrons. The molecule has 1 fully saturated rings. The van der Waals surface area contributed by atoms with Gasteiger partial charge >= 0.3 is 0 Å². The predicted molar refractivity (Wildman–Crippen MR) is 105 cm³/mol. The Morgan fingerprint density at radius 3 is 2.61 bits per heavy atom. The van der Waals surface area contributed by atoms with E-state index in [1.165, 1.54) is 37.3 Å². The number of hydroxylamine groups is 1. The standard InChI is InChI=1S/C20H25N3O4S/c1-22(27-2)28(25,26)18-12-8-9-16(15-18)20(24)23-14-7-6-13-19(23)21-17-10-4-3-5-11-17/h6-9,12-15,17H,3-5,10-11H2,1-2H3. The van der Waals surface area contributed by atoms with Crippen molar-refractivity contribution < 1.29 is 18.0 Å². The first-order valence-corrected chi connectivity index (χ1v) is 10.8. The fourth-order valence-corrected chi connectivity index (χ4v) is 4.30. The van der Waals surface area contributed by atoms with Crippen LogP contribution in [0.3, 0.4) is 0 Å². The van der Waals surface area contributed by atoms with E-state index in [4.69, 9.17) is 9.83 Å². The molecule has 1 saturated carbocycles. The van der Waals surface area contributed by atoms with E-state index in [2.05, 4.69) is 0 Å². The molecular weight excluding hydrogens is 378 g/mol. The Kier molecular flexibility index (Phi) is 6.43. The van der Waals surface area contributed by atoms with E-state index in [0.717, 1.165) is 30.2 Å². The summed E-state index contributed by atoms with van der Waals surface area (Å²) in [6, 6.07) is 11.6. The Labute approximate surface area is 165 Å². The van der Waals surface area contributed by atoms with Crippen LogP contribution in [0.25, 0.3) is 0 Å². The van der Waals surface area contributed by atoms with Gasteiger partial charge in [0.25, 0.3) is 15.9 Å². The fourth-order valence-electron chi connectivity index (χ4n) is 3.28. The molecule has 0 bridgehead atoms. The molecule has 0 N–H and O–H groups in total. The molecule has 1 aliphatic carbocycles. The summed E-state index contributed by atoms with van der Waals surface area (Å²) in [4.78, 5) is 22.7. The predicted octanol–water partition coefficient (Wildman–Crippen LogP) is 2.59. The minimum Gasteiger partial charge on any atom is -0.288 e. The molecule has 0 unspecified atom stereocenters. The van der Waals surface area contributed by atoms with Gasteiger partial charge in [0.15, 0.2) is 0 Å². The zero-order valence-corrected chi connectivity index (χ0v) is 16.9. The lowest BCUT2D eigenvalue weighted by Gasteiger charge is -2.18. The van der Waals surface area contributed by atoms with E-state index in [1.807, 2.05) is 12.1 Å². The maximum absolute atomic E-state index is 13.1. The summed E-state index contributed by atoms with van der Waals surface area (Å²) in [7, 11) is -1.26. The second kappa shape index (κ2) is 8.81. The highest BCUT2D eigenvalue weighted by atomic mass is 32.2. The topological polar surface area (TPSA) is 81.0 Å². The number of benzene rings is 1. The van der Waals surface area contributed by atoms with E-state index in [0.29, 0.717) is 5.49 Å². The molecule has 0 atom stereocenters. The third-order valence-corrected chi connectivity index (χ3v) is 6.60. The number of rotatable bonds is 5. The van der Waals surface area contributed by atoms with Crippen LogP contribution in [0.15, 0.2) is 58.5 Å². The van der Waals surface area contributed by atoms with Gasteiger partial charge in [0, 0.05) is 18.8 Å². The molecule has 1 heterocycles. The van der Waals surface area contributed by atoms with Crippen molar-refractivity contribution in [3.8, 4) is 0 Å². The van der Waals surface area contributed by atoms with Gasteiger partial charge in [-0.05, 0) is 43.2 Å². The Morgan fingerprint density at radius 2 is 1.89 bits per heavy atom. The molecule has 0 radical (unpaired) electrons. The number of hydrogen-bond acceptors (Lipinski definition) is 5. The van der Waals surface area contributed by atoms with Gasteiger partial charge in [0.1, 0.15) is 5.49 Å². The normalized spacial score (nSPS) is 16.5. The third-order valence-electron chi connectivity index (χ3n) is 4.92. The van der Waals surface area contributed by atoms with Crippen LogP contribution in [0.5, 0.6) is 0 Å². The van der Waals surface area contributed by atoms with Gasteiger partial charge in [-0.25, -0.2) is 8.42 Å². The molecule has 2 aromatic rings. The number of aromatic nitrogens is 1. The van der Waals surface area contributed by atoms with E-state index in [1.54, 1.807) is 24.4 Å². The largest absolute Gasteiger partial charge is 0.288 e. The van der Waals surface area contributed by atoms with E-state index in [-0.39, 0.29) is 22.4 Å². The highest BCUT2D eigenvalue weighted by Crippen LogP contribution is 2.20. The second-order valence-corrected chi connectivity index (χ2v) is 8.72. The maximum atomic E-state index is 13.1. The van der Waals surface area contributed by atoms with Gasteiger partial charge < -0.3 is 0 Å². The van der Waals surface area contributed by atoms with Crippen LogP contribution in [0.2, 0.25) is 0 Å². The van der Waals surface area contributed by atoms with Crippen LogP contribution in [-0.2, 0) is 14.9 Å². The van der Waals surface area contributed by atoms with Crippen molar-refractivity contribution in [1.29, 1.82) is 0 Å². The zero-order valence-electron chi connectivity index (χ0n) is 16.1. The molecule has 1 aliphatic rings. The molecule has 3 rings (SSSR count). The molecule has 0 spiro atoms. The molecule has 0 saturated heterocycles. The number of carbonyl (C=O) groups excluding carboxylic acids is 1. The van der Waals surface area contributed by atoms with Gasteiger partial charge in [-0.15, -0.1) is 0 Å². The summed E-state index contributed by atoms with van der Waals surface area (Å²) < 4.78 is 27.2. The van der Waals surface area contributed by atoms with Crippen LogP contribution in [0, 0.1) is 0 Å². The second-order valence-electron chi connectivity index (χ2n) is 6.78. The molecule has 28 heavy (non-hydrogen) atoms. The van der Waals surface area contributed by atoms with Crippen molar-refractivity contribution in [2.45, 2.75) is 43.0 Å². The van der Waals surface area contributed by atoms with Crippen LogP contribution in [0.1, 0.15) is 42.5 Å². The molecule has 1 aromatic heterocycles. The highest BCUT2D eigenvalue weighted by Gasteiger charge is 2.22. The first-order chi connectivity index (χ1) is 13.4. The van der Waals surface area contributed by atoms with Crippen molar-refractivity contribution in [1.82, 2.24) is 9.04 Å². The minimum absolute atomic E-state index is 0.00926. The summed E-state index contributed by atoms with van der Waals surface area (Å²) in [6.07, 6.45) is 7.26. The van der Waals surface area contributed by atoms with Gasteiger partial charge in [0.2, 0.25) is 0 Å². The van der Waals surface area contributed by atoms with Crippen molar-refractivity contribution in [3.63, 3.8) is 0 Å². The Bertz CT molecular complexity index is 1010. The SMILES string of the molecule is CON(C)S(=O)(=O)c1cccc(C(=O)n2ccccc2=NC2CCCCC2)c1. The van der Waals surface area contributed by atoms with Crippen LogP contribution in [0.4, 0.5) is 0 Å². The summed E-state index contributed by atoms with van der Waals surface area (Å²) >= 11 is 0. The summed E-state index contributed by atoms with van der Waals surface area (Å²) in [5.41, 5.74) is 0.851. The number of carbonyl (C=O) groups is 1. The van der Waals surface area contributed by atoms with Crippen LogP contribution >= 0.6 is 0 Å². The lowest BCUT2D eigenvalue weighted by molar-refractivity contribution is -0.0258. The highest BCUT2D eigenvalue weighted by molar-refractivity contribution is 7.89. The Balaban J connectivity index is 1.98. The maximum Gasteiger partial charge on any atom is 0.264 e. The molecule has 0 aliphatic heterocycles. The number of hydrogen-bond donors (Lipinski definition) is 0. The van der Waals surface area contributed by atoms with Gasteiger partial charge in [-0.3, -0.25) is 19.2 Å². The van der Waals surface area contributed by atoms with Gasteiger partial charge in [0.05, 0.1) is 18.0 Å². The van der Waals surface area contributed by atoms with Gasteiger partial charge in [-0.2, -0.15) is 0 Å². The van der Waals surface area contributed by atoms with Crippen molar-refractivity contribution in [2.24, 2.45) is 4.99 Å². The molecule has 0 amide bonds. The Morgan fingerprint density at radius 1 is 1.14 bits per heavy atom. The lowest BCUT2D eigenvalue weighted by Crippen LogP contribution is -2.30. The zero-order chi connectivity index (χ0) is 20.1. The first kappa shape index (κ1) is 20.4. The van der Waals surface area contributed by atoms with E-state index < -0.39 is 10.0 Å². The third kappa shape index (κ3) is 4.40. The minimum atomic E-state index is -3.83. The number of nitrogens with zero attached hydrogens (tertiary/aromatic N) is 3. The average Bonchev–Trinajstić information content (AvgIpc) is 2.74. The van der Waals surface area contributed by atoms with E-state index in [9.17, 15) is 13.2 Å². The van der Waals surface area contributed by atoms with Crippen molar-refractivity contribution in [3.05, 3.63) is 59.7 Å². The van der Waals surface area contributed by atoms with Gasteiger partial charge in [-0.1, -0.05) is 35.9 Å². The molecule has 7 nitrogen and oxygen atoms in total. The first-order valence-electron chi connectivity index (χ1n) is 9.33. The molecule has 8 heteroatoms.